The number of hydrogen-bond acceptors (Lipinski definition) is 5. The fourth-order valence-electron chi connectivity index (χ4n) is 3.80. The Labute approximate surface area is 199 Å². The lowest BCUT2D eigenvalue weighted by molar-refractivity contribution is 0.0746. The molecular formula is C26H29N5O3. The molecule has 3 amide bonds. The van der Waals surface area contributed by atoms with Crippen LogP contribution in [0.4, 0.5) is 22.0 Å². The Balaban J connectivity index is 1.30. The van der Waals surface area contributed by atoms with Crippen molar-refractivity contribution in [1.82, 2.24) is 9.88 Å². The predicted octanol–water partition coefficient (Wildman–Crippen LogP) is 4.40. The fourth-order valence-corrected chi connectivity index (χ4v) is 3.80. The lowest BCUT2D eigenvalue weighted by atomic mass is 10.1. The number of nitrogens with zero attached hydrogens (tertiary/aromatic N) is 3. The molecule has 1 fully saturated rings. The molecule has 0 aliphatic carbocycles. The zero-order chi connectivity index (χ0) is 23.9. The molecule has 2 aromatic carbocycles. The lowest BCUT2D eigenvalue weighted by Crippen LogP contribution is -2.49. The van der Waals surface area contributed by atoms with E-state index in [2.05, 4.69) is 20.5 Å². The van der Waals surface area contributed by atoms with Crippen molar-refractivity contribution >= 4 is 29.1 Å². The van der Waals surface area contributed by atoms with Gasteiger partial charge in [-0.25, -0.2) is 9.78 Å². The van der Waals surface area contributed by atoms with Crippen LogP contribution in [0.5, 0.6) is 5.75 Å². The van der Waals surface area contributed by atoms with Gasteiger partial charge in [-0.2, -0.15) is 0 Å². The van der Waals surface area contributed by atoms with E-state index >= 15 is 0 Å². The summed E-state index contributed by atoms with van der Waals surface area (Å²) in [7, 11) is 0. The topological polar surface area (TPSA) is 86.8 Å². The Morgan fingerprint density at radius 3 is 2.35 bits per heavy atom. The first-order chi connectivity index (χ1) is 16.5. The van der Waals surface area contributed by atoms with Crippen molar-refractivity contribution in [2.24, 2.45) is 0 Å². The Hall–Kier alpha value is -4.07. The van der Waals surface area contributed by atoms with E-state index in [1.807, 2.05) is 73.3 Å². The van der Waals surface area contributed by atoms with E-state index in [0.29, 0.717) is 49.9 Å². The third-order valence-corrected chi connectivity index (χ3v) is 5.63. The Morgan fingerprint density at radius 2 is 1.68 bits per heavy atom. The van der Waals surface area contributed by atoms with E-state index in [1.165, 1.54) is 0 Å². The van der Waals surface area contributed by atoms with Crippen LogP contribution in [0.1, 0.15) is 22.8 Å². The second kappa shape index (κ2) is 10.7. The number of amides is 3. The summed E-state index contributed by atoms with van der Waals surface area (Å²) in [6.45, 7) is 7.09. The van der Waals surface area contributed by atoms with Gasteiger partial charge in [0.05, 0.1) is 24.2 Å². The molecule has 34 heavy (non-hydrogen) atoms. The number of carbonyl (C=O) groups excluding carboxylic acids is 2. The van der Waals surface area contributed by atoms with Gasteiger partial charge >= 0.3 is 6.03 Å². The van der Waals surface area contributed by atoms with Crippen molar-refractivity contribution in [1.29, 1.82) is 0 Å². The summed E-state index contributed by atoms with van der Waals surface area (Å²) < 4.78 is 5.54. The van der Waals surface area contributed by atoms with Crippen LogP contribution in [0.25, 0.3) is 0 Å². The molecule has 0 spiro atoms. The molecule has 8 nitrogen and oxygen atoms in total. The summed E-state index contributed by atoms with van der Waals surface area (Å²) in [6.07, 6.45) is 1.63. The van der Waals surface area contributed by atoms with Crippen LogP contribution in [0.2, 0.25) is 0 Å². The maximum Gasteiger partial charge on any atom is 0.323 e. The van der Waals surface area contributed by atoms with Gasteiger partial charge in [-0.05, 0) is 50.2 Å². The number of aryl methyl sites for hydroxylation is 1. The maximum absolute atomic E-state index is 12.7. The van der Waals surface area contributed by atoms with Gasteiger partial charge in [0.2, 0.25) is 0 Å². The molecule has 1 aromatic heterocycles. The van der Waals surface area contributed by atoms with Crippen LogP contribution in [0.3, 0.4) is 0 Å². The number of ether oxygens (including phenoxy) is 1. The van der Waals surface area contributed by atoms with E-state index in [4.69, 9.17) is 4.74 Å². The molecule has 0 unspecified atom stereocenters. The molecular weight excluding hydrogens is 430 g/mol. The van der Waals surface area contributed by atoms with Crippen molar-refractivity contribution in [3.05, 3.63) is 78.0 Å². The number of carbonyl (C=O) groups is 2. The minimum atomic E-state index is -0.370. The van der Waals surface area contributed by atoms with Gasteiger partial charge in [-0.3, -0.25) is 4.79 Å². The molecule has 8 heteroatoms. The van der Waals surface area contributed by atoms with Gasteiger partial charge in [0.25, 0.3) is 5.91 Å². The summed E-state index contributed by atoms with van der Waals surface area (Å²) in [6, 6.07) is 18.3. The van der Waals surface area contributed by atoms with Crippen molar-refractivity contribution in [2.45, 2.75) is 13.8 Å². The largest absolute Gasteiger partial charge is 0.492 e. The first-order valence-electron chi connectivity index (χ1n) is 11.4. The van der Waals surface area contributed by atoms with Crippen LogP contribution >= 0.6 is 0 Å². The third kappa shape index (κ3) is 5.64. The molecule has 1 saturated heterocycles. The molecule has 1 aliphatic rings. The Morgan fingerprint density at radius 1 is 0.941 bits per heavy atom. The molecule has 176 valence electrons. The number of benzene rings is 2. The van der Waals surface area contributed by atoms with Gasteiger partial charge in [0.15, 0.2) is 0 Å². The van der Waals surface area contributed by atoms with E-state index in [0.717, 1.165) is 16.9 Å². The molecule has 3 aromatic rings. The van der Waals surface area contributed by atoms with Crippen molar-refractivity contribution in [3.63, 3.8) is 0 Å². The highest BCUT2D eigenvalue weighted by Gasteiger charge is 2.22. The van der Waals surface area contributed by atoms with Crippen LogP contribution in [-0.4, -0.2) is 54.6 Å². The SMILES string of the molecule is CCOc1ccccc1NC(=O)Nc1ccc(N2CCN(C(=O)c3ccc(C)cc3)CC2)nc1. The number of para-hydroxylation sites is 2. The van der Waals surface area contributed by atoms with Gasteiger partial charge in [-0.1, -0.05) is 29.8 Å². The summed E-state index contributed by atoms with van der Waals surface area (Å²) in [5.41, 5.74) is 3.04. The van der Waals surface area contributed by atoms with Crippen molar-refractivity contribution in [3.8, 4) is 5.75 Å². The number of urea groups is 1. The summed E-state index contributed by atoms with van der Waals surface area (Å²) in [5, 5.41) is 5.60. The molecule has 4 rings (SSSR count). The number of piperazine rings is 1. The molecule has 0 bridgehead atoms. The second-order valence-corrected chi connectivity index (χ2v) is 8.06. The number of rotatable bonds is 6. The zero-order valence-electron chi connectivity index (χ0n) is 19.5. The molecule has 2 N–H and O–H groups in total. The zero-order valence-corrected chi connectivity index (χ0v) is 19.5. The average molecular weight is 460 g/mol. The van der Waals surface area contributed by atoms with Gasteiger partial charge < -0.3 is 25.2 Å². The highest BCUT2D eigenvalue weighted by atomic mass is 16.5. The standard InChI is InChI=1S/C26H29N5O3/c1-3-34-23-7-5-4-6-22(23)29-26(33)28-21-12-13-24(27-18-21)30-14-16-31(17-15-30)25(32)20-10-8-19(2)9-11-20/h4-13,18H,3,14-17H2,1-2H3,(H2,28,29,33). The normalized spacial score (nSPS) is 13.4. The summed E-state index contributed by atoms with van der Waals surface area (Å²) >= 11 is 0. The average Bonchev–Trinajstić information content (AvgIpc) is 2.86. The minimum absolute atomic E-state index is 0.0593. The van der Waals surface area contributed by atoms with E-state index in [-0.39, 0.29) is 11.9 Å². The van der Waals surface area contributed by atoms with Gasteiger partial charge in [0, 0.05) is 31.7 Å². The molecule has 0 atom stereocenters. The number of nitrogens with one attached hydrogen (secondary N) is 2. The Bertz CT molecular complexity index is 1120. The first kappa shape index (κ1) is 23.1. The lowest BCUT2D eigenvalue weighted by Gasteiger charge is -2.35. The predicted molar refractivity (Wildman–Crippen MR) is 134 cm³/mol. The molecule has 0 saturated carbocycles. The third-order valence-electron chi connectivity index (χ3n) is 5.63. The highest BCUT2D eigenvalue weighted by Crippen LogP contribution is 2.24. The first-order valence-corrected chi connectivity index (χ1v) is 11.4. The number of anilines is 3. The second-order valence-electron chi connectivity index (χ2n) is 8.06. The number of hydrogen-bond donors (Lipinski definition) is 2. The van der Waals surface area contributed by atoms with E-state index < -0.39 is 0 Å². The summed E-state index contributed by atoms with van der Waals surface area (Å²) in [4.78, 5) is 33.7. The van der Waals surface area contributed by atoms with Crippen molar-refractivity contribution in [2.75, 3.05) is 48.3 Å². The minimum Gasteiger partial charge on any atom is -0.492 e. The Kier molecular flexibility index (Phi) is 7.27. The smallest absolute Gasteiger partial charge is 0.323 e. The van der Waals surface area contributed by atoms with Crippen LogP contribution < -0.4 is 20.3 Å². The summed E-state index contributed by atoms with van der Waals surface area (Å²) in [5.74, 6) is 1.49. The monoisotopic (exact) mass is 459 g/mol. The maximum atomic E-state index is 12.7. The number of pyridine rings is 1. The van der Waals surface area contributed by atoms with Crippen LogP contribution in [0, 0.1) is 6.92 Å². The van der Waals surface area contributed by atoms with Crippen LogP contribution in [-0.2, 0) is 0 Å². The molecule has 1 aliphatic heterocycles. The molecule has 0 radical (unpaired) electrons. The van der Waals surface area contributed by atoms with E-state index in [1.54, 1.807) is 12.3 Å². The molecule has 2 heterocycles. The van der Waals surface area contributed by atoms with E-state index in [9.17, 15) is 9.59 Å². The number of aromatic nitrogens is 1. The van der Waals surface area contributed by atoms with Crippen LogP contribution in [0.15, 0.2) is 66.9 Å². The fraction of sp³-hybridized carbons (Fsp3) is 0.269. The quantitative estimate of drug-likeness (QED) is 0.571. The highest BCUT2D eigenvalue weighted by molar-refractivity contribution is 6.00. The van der Waals surface area contributed by atoms with Crippen molar-refractivity contribution < 1.29 is 14.3 Å². The van der Waals surface area contributed by atoms with Gasteiger partial charge in [-0.15, -0.1) is 0 Å². The van der Waals surface area contributed by atoms with Gasteiger partial charge in [0.1, 0.15) is 11.6 Å².